The van der Waals surface area contributed by atoms with Crippen LogP contribution in [-0.2, 0) is 16.0 Å². The van der Waals surface area contributed by atoms with Crippen LogP contribution in [0.25, 0.3) is 0 Å². The molecule has 1 aliphatic rings. The van der Waals surface area contributed by atoms with Gasteiger partial charge in [-0.05, 0) is 36.5 Å². The van der Waals surface area contributed by atoms with E-state index in [0.717, 1.165) is 24.9 Å². The second-order valence-electron chi connectivity index (χ2n) is 4.72. The number of hydrogen-bond acceptors (Lipinski definition) is 3. The van der Waals surface area contributed by atoms with Crippen LogP contribution < -0.4 is 5.32 Å². The molecule has 1 amide bonds. The van der Waals surface area contributed by atoms with Crippen molar-refractivity contribution in [3.8, 4) is 0 Å². The van der Waals surface area contributed by atoms with Crippen LogP contribution in [0.4, 0.5) is 0 Å². The topological polar surface area (TPSA) is 55.4 Å². The molecule has 2 rings (SSSR count). The highest BCUT2D eigenvalue weighted by Crippen LogP contribution is 2.22. The molecule has 0 radical (unpaired) electrons. The van der Waals surface area contributed by atoms with Gasteiger partial charge in [0.15, 0.2) is 0 Å². The molecule has 1 aromatic carbocycles. The fourth-order valence-electron chi connectivity index (χ4n) is 2.23. The molecular formula is C14H16ClNO3. The van der Waals surface area contributed by atoms with Gasteiger partial charge in [0.05, 0.1) is 17.7 Å². The zero-order chi connectivity index (χ0) is 13.8. The van der Waals surface area contributed by atoms with E-state index in [0.29, 0.717) is 22.9 Å². The molecule has 4 nitrogen and oxygen atoms in total. The van der Waals surface area contributed by atoms with Gasteiger partial charge in [0.25, 0.3) is 0 Å². The summed E-state index contributed by atoms with van der Waals surface area (Å²) in [7, 11) is 1.33. The van der Waals surface area contributed by atoms with E-state index in [1.165, 1.54) is 7.11 Å². The summed E-state index contributed by atoms with van der Waals surface area (Å²) in [6.45, 7) is 0.757. The van der Waals surface area contributed by atoms with Crippen molar-refractivity contribution in [3.63, 3.8) is 0 Å². The quantitative estimate of drug-likeness (QED) is 0.861. The zero-order valence-electron chi connectivity index (χ0n) is 10.7. The molecular weight excluding hydrogens is 266 g/mol. The molecule has 19 heavy (non-hydrogen) atoms. The third-order valence-corrected chi connectivity index (χ3v) is 3.65. The molecule has 0 spiro atoms. The summed E-state index contributed by atoms with van der Waals surface area (Å²) in [5, 5.41) is 3.23. The van der Waals surface area contributed by atoms with Crippen molar-refractivity contribution in [3.05, 3.63) is 34.3 Å². The Balaban J connectivity index is 1.96. The van der Waals surface area contributed by atoms with Crippen LogP contribution in [0.2, 0.25) is 5.02 Å². The second-order valence-corrected chi connectivity index (χ2v) is 5.13. The Morgan fingerprint density at radius 3 is 2.89 bits per heavy atom. The Kier molecular flexibility index (Phi) is 4.43. The second kappa shape index (κ2) is 6.06. The van der Waals surface area contributed by atoms with E-state index < -0.39 is 5.97 Å². The van der Waals surface area contributed by atoms with E-state index in [-0.39, 0.29) is 5.91 Å². The summed E-state index contributed by atoms with van der Waals surface area (Å²) in [5.41, 5.74) is 1.45. The van der Waals surface area contributed by atoms with E-state index in [2.05, 4.69) is 10.1 Å². The van der Waals surface area contributed by atoms with Gasteiger partial charge >= 0.3 is 5.97 Å². The highest BCUT2D eigenvalue weighted by atomic mass is 35.5. The third-order valence-electron chi connectivity index (χ3n) is 3.34. The number of ether oxygens (including phenoxy) is 1. The number of rotatable bonds is 4. The average Bonchev–Trinajstić information content (AvgIpc) is 2.81. The van der Waals surface area contributed by atoms with Gasteiger partial charge in [-0.25, -0.2) is 4.79 Å². The van der Waals surface area contributed by atoms with E-state index >= 15 is 0 Å². The van der Waals surface area contributed by atoms with Crippen LogP contribution in [0.15, 0.2) is 18.2 Å². The Bertz CT molecular complexity index is 501. The number of carbonyl (C=O) groups is 2. The minimum Gasteiger partial charge on any atom is -0.465 e. The summed E-state index contributed by atoms with van der Waals surface area (Å²) in [4.78, 5) is 22.5. The number of methoxy groups -OCH3 is 1. The molecule has 0 saturated carbocycles. The monoisotopic (exact) mass is 281 g/mol. The lowest BCUT2D eigenvalue weighted by Crippen LogP contribution is -2.14. The van der Waals surface area contributed by atoms with Gasteiger partial charge in [-0.15, -0.1) is 0 Å². The van der Waals surface area contributed by atoms with Gasteiger partial charge in [0.1, 0.15) is 0 Å². The third kappa shape index (κ3) is 3.47. The van der Waals surface area contributed by atoms with Gasteiger partial charge in [-0.2, -0.15) is 0 Å². The van der Waals surface area contributed by atoms with Crippen molar-refractivity contribution in [2.75, 3.05) is 13.7 Å². The molecule has 1 heterocycles. The van der Waals surface area contributed by atoms with Crippen LogP contribution in [0, 0.1) is 5.92 Å². The van der Waals surface area contributed by atoms with E-state index in [1.54, 1.807) is 12.1 Å². The molecule has 0 aliphatic carbocycles. The molecule has 1 saturated heterocycles. The minimum absolute atomic E-state index is 0.129. The van der Waals surface area contributed by atoms with Crippen molar-refractivity contribution in [2.45, 2.75) is 19.3 Å². The van der Waals surface area contributed by atoms with E-state index in [9.17, 15) is 9.59 Å². The standard InChI is InChI=1S/C14H16ClNO3/c1-19-14(18)11-5-4-9(6-12(11)15)2-3-10-7-13(17)16-8-10/h4-6,10H,2-3,7-8H2,1H3,(H,16,17). The van der Waals surface area contributed by atoms with Crippen molar-refractivity contribution >= 4 is 23.5 Å². The summed E-state index contributed by atoms with van der Waals surface area (Å²) in [6, 6.07) is 5.35. The fraction of sp³-hybridized carbons (Fsp3) is 0.429. The number of aryl methyl sites for hydroxylation is 1. The van der Waals surface area contributed by atoms with Gasteiger partial charge in [0.2, 0.25) is 5.91 Å². The molecule has 0 bridgehead atoms. The number of esters is 1. The predicted octanol–water partition coefficient (Wildman–Crippen LogP) is 2.20. The van der Waals surface area contributed by atoms with Crippen LogP contribution in [0.5, 0.6) is 0 Å². The first-order valence-corrected chi connectivity index (χ1v) is 6.61. The Hall–Kier alpha value is -1.55. The van der Waals surface area contributed by atoms with Crippen LogP contribution in [0.1, 0.15) is 28.8 Å². The molecule has 1 N–H and O–H groups in total. The molecule has 5 heteroatoms. The highest BCUT2D eigenvalue weighted by Gasteiger charge is 2.21. The van der Waals surface area contributed by atoms with Crippen LogP contribution in [0.3, 0.4) is 0 Å². The average molecular weight is 282 g/mol. The van der Waals surface area contributed by atoms with Gasteiger partial charge in [-0.1, -0.05) is 17.7 Å². The first-order chi connectivity index (χ1) is 9.10. The fourth-order valence-corrected chi connectivity index (χ4v) is 2.51. The number of nitrogens with one attached hydrogen (secondary N) is 1. The van der Waals surface area contributed by atoms with Crippen molar-refractivity contribution < 1.29 is 14.3 Å². The molecule has 0 aromatic heterocycles. The van der Waals surface area contributed by atoms with Gasteiger partial charge in [-0.3, -0.25) is 4.79 Å². The normalized spacial score (nSPS) is 18.2. The number of amides is 1. The first kappa shape index (κ1) is 13.9. The highest BCUT2D eigenvalue weighted by molar-refractivity contribution is 6.33. The Morgan fingerprint density at radius 2 is 2.32 bits per heavy atom. The number of hydrogen-bond donors (Lipinski definition) is 1. The molecule has 1 aromatic rings. The summed E-state index contributed by atoms with van der Waals surface area (Å²) in [6.07, 6.45) is 2.39. The lowest BCUT2D eigenvalue weighted by molar-refractivity contribution is -0.119. The summed E-state index contributed by atoms with van der Waals surface area (Å²) in [5.74, 6) is 0.0952. The summed E-state index contributed by atoms with van der Waals surface area (Å²) >= 11 is 6.05. The van der Waals surface area contributed by atoms with E-state index in [1.807, 2.05) is 6.07 Å². The first-order valence-electron chi connectivity index (χ1n) is 6.23. The van der Waals surface area contributed by atoms with Crippen molar-refractivity contribution in [1.82, 2.24) is 5.32 Å². The number of halogens is 1. The Labute approximate surface area is 117 Å². The van der Waals surface area contributed by atoms with Crippen molar-refractivity contribution in [1.29, 1.82) is 0 Å². The smallest absolute Gasteiger partial charge is 0.339 e. The lowest BCUT2D eigenvalue weighted by atomic mass is 9.98. The number of carbonyl (C=O) groups excluding carboxylic acids is 2. The SMILES string of the molecule is COC(=O)c1ccc(CCC2CNC(=O)C2)cc1Cl. The van der Waals surface area contributed by atoms with Gasteiger partial charge in [0, 0.05) is 13.0 Å². The molecule has 102 valence electrons. The maximum absolute atomic E-state index is 11.4. The molecule has 1 aliphatic heterocycles. The van der Waals surface area contributed by atoms with Crippen LogP contribution >= 0.6 is 11.6 Å². The molecule has 1 unspecified atom stereocenters. The maximum atomic E-state index is 11.4. The van der Waals surface area contributed by atoms with E-state index in [4.69, 9.17) is 11.6 Å². The number of benzene rings is 1. The lowest BCUT2D eigenvalue weighted by Gasteiger charge is -2.08. The largest absolute Gasteiger partial charge is 0.465 e. The Morgan fingerprint density at radius 1 is 1.53 bits per heavy atom. The van der Waals surface area contributed by atoms with Crippen molar-refractivity contribution in [2.24, 2.45) is 5.92 Å². The maximum Gasteiger partial charge on any atom is 0.339 e. The van der Waals surface area contributed by atoms with Gasteiger partial charge < -0.3 is 10.1 Å². The molecule has 1 fully saturated rings. The van der Waals surface area contributed by atoms with Crippen LogP contribution in [-0.4, -0.2) is 25.5 Å². The predicted molar refractivity (Wildman–Crippen MR) is 72.2 cm³/mol. The molecule has 1 atom stereocenters. The zero-order valence-corrected chi connectivity index (χ0v) is 11.5. The summed E-state index contributed by atoms with van der Waals surface area (Å²) < 4.78 is 4.64. The minimum atomic E-state index is -0.429.